The molecular formula is C20H20ClFN4OS. The number of aromatic nitrogens is 3. The molecule has 0 aliphatic rings. The highest BCUT2D eigenvalue weighted by Crippen LogP contribution is 2.21. The van der Waals surface area contributed by atoms with Crippen LogP contribution in [0.2, 0.25) is 5.02 Å². The van der Waals surface area contributed by atoms with Gasteiger partial charge >= 0.3 is 0 Å². The molecule has 0 fully saturated rings. The van der Waals surface area contributed by atoms with Crippen LogP contribution in [0.5, 0.6) is 0 Å². The standard InChI is InChI=1S/C20H20ClFN4OS/c1-13-5-3-6-14(11-13)19-23-24-20(28)26(19)10-9-18(27)25(2)12-15-16(21)7-4-8-17(15)22/h3-8,11H,9-10,12H2,1-2H3,(H,24,28). The summed E-state index contributed by atoms with van der Waals surface area (Å²) >= 11 is 11.4. The number of amides is 1. The molecule has 1 aromatic heterocycles. The molecule has 0 saturated heterocycles. The maximum atomic E-state index is 14.0. The molecule has 0 bridgehead atoms. The summed E-state index contributed by atoms with van der Waals surface area (Å²) in [4.78, 5) is 14.0. The van der Waals surface area contributed by atoms with E-state index in [4.69, 9.17) is 23.8 Å². The molecule has 28 heavy (non-hydrogen) atoms. The molecule has 0 aliphatic heterocycles. The third kappa shape index (κ3) is 4.48. The van der Waals surface area contributed by atoms with Gasteiger partial charge < -0.3 is 4.90 Å². The van der Waals surface area contributed by atoms with E-state index in [1.54, 1.807) is 17.7 Å². The van der Waals surface area contributed by atoms with Crippen molar-refractivity contribution < 1.29 is 9.18 Å². The van der Waals surface area contributed by atoms with Crippen LogP contribution >= 0.6 is 23.8 Å². The molecule has 1 amide bonds. The topological polar surface area (TPSA) is 53.9 Å². The SMILES string of the molecule is Cc1cccc(-c2n[nH]c(=S)n2CCC(=O)N(C)Cc2c(F)cccc2Cl)c1. The Morgan fingerprint density at radius 3 is 2.79 bits per heavy atom. The summed E-state index contributed by atoms with van der Waals surface area (Å²) in [5.41, 5.74) is 2.34. The van der Waals surface area contributed by atoms with Gasteiger partial charge in [-0.25, -0.2) is 4.39 Å². The molecule has 2 aromatic carbocycles. The van der Waals surface area contributed by atoms with Crippen molar-refractivity contribution in [3.05, 3.63) is 69.2 Å². The number of H-pyrrole nitrogens is 1. The summed E-state index contributed by atoms with van der Waals surface area (Å²) in [7, 11) is 1.63. The summed E-state index contributed by atoms with van der Waals surface area (Å²) in [6.45, 7) is 2.47. The van der Waals surface area contributed by atoms with Crippen LogP contribution in [0.25, 0.3) is 11.4 Å². The lowest BCUT2D eigenvalue weighted by Gasteiger charge is -2.19. The van der Waals surface area contributed by atoms with Gasteiger partial charge in [0.15, 0.2) is 10.6 Å². The third-order valence-corrected chi connectivity index (χ3v) is 5.13. The summed E-state index contributed by atoms with van der Waals surface area (Å²) in [6.07, 6.45) is 0.204. The van der Waals surface area contributed by atoms with Gasteiger partial charge in [0.2, 0.25) is 5.91 Å². The van der Waals surface area contributed by atoms with Gasteiger partial charge in [-0.15, -0.1) is 0 Å². The van der Waals surface area contributed by atoms with E-state index in [0.717, 1.165) is 11.1 Å². The van der Waals surface area contributed by atoms with Crippen LogP contribution in [0.1, 0.15) is 17.5 Å². The van der Waals surface area contributed by atoms with Crippen molar-refractivity contribution in [3.8, 4) is 11.4 Å². The maximum Gasteiger partial charge on any atom is 0.224 e. The molecule has 146 valence electrons. The first-order valence-electron chi connectivity index (χ1n) is 8.76. The minimum Gasteiger partial charge on any atom is -0.341 e. The van der Waals surface area contributed by atoms with E-state index < -0.39 is 5.82 Å². The number of rotatable bonds is 6. The minimum atomic E-state index is -0.425. The molecule has 1 heterocycles. The fraction of sp³-hybridized carbons (Fsp3) is 0.250. The maximum absolute atomic E-state index is 14.0. The summed E-state index contributed by atoms with van der Waals surface area (Å²) in [5, 5.41) is 7.39. The number of nitrogens with one attached hydrogen (secondary N) is 1. The van der Waals surface area contributed by atoms with Gasteiger partial charge in [-0.1, -0.05) is 41.4 Å². The molecule has 3 aromatic rings. The number of hydrogen-bond acceptors (Lipinski definition) is 3. The number of aromatic amines is 1. The molecule has 0 saturated carbocycles. The quantitative estimate of drug-likeness (QED) is 0.587. The Hall–Kier alpha value is -2.51. The summed E-state index contributed by atoms with van der Waals surface area (Å²) in [5.74, 6) is 0.116. The second-order valence-electron chi connectivity index (χ2n) is 6.57. The summed E-state index contributed by atoms with van der Waals surface area (Å²) in [6, 6.07) is 12.4. The third-order valence-electron chi connectivity index (χ3n) is 4.47. The number of benzene rings is 2. The molecule has 0 spiro atoms. The Bertz CT molecular complexity index is 1040. The number of nitrogens with zero attached hydrogens (tertiary/aromatic N) is 3. The highest BCUT2D eigenvalue weighted by molar-refractivity contribution is 7.71. The molecule has 3 rings (SSSR count). The average Bonchev–Trinajstić information content (AvgIpc) is 3.03. The minimum absolute atomic E-state index is 0.103. The fourth-order valence-electron chi connectivity index (χ4n) is 2.94. The van der Waals surface area contributed by atoms with Crippen molar-refractivity contribution in [2.24, 2.45) is 0 Å². The number of carbonyl (C=O) groups excluding carboxylic acids is 1. The Labute approximate surface area is 172 Å². The zero-order chi connectivity index (χ0) is 20.3. The van der Waals surface area contributed by atoms with Crippen LogP contribution in [-0.4, -0.2) is 32.6 Å². The van der Waals surface area contributed by atoms with E-state index in [1.807, 2.05) is 31.2 Å². The van der Waals surface area contributed by atoms with Crippen LogP contribution in [0, 0.1) is 17.5 Å². The van der Waals surface area contributed by atoms with E-state index in [1.165, 1.54) is 17.0 Å². The normalized spacial score (nSPS) is 10.9. The predicted octanol–water partition coefficient (Wildman–Crippen LogP) is 4.76. The second kappa shape index (κ2) is 8.67. The van der Waals surface area contributed by atoms with Crippen LogP contribution in [0.4, 0.5) is 4.39 Å². The molecular weight excluding hydrogens is 399 g/mol. The van der Waals surface area contributed by atoms with Gasteiger partial charge in [0.05, 0.1) is 0 Å². The molecule has 0 unspecified atom stereocenters. The van der Waals surface area contributed by atoms with Gasteiger partial charge in [0, 0.05) is 42.7 Å². The van der Waals surface area contributed by atoms with Crippen molar-refractivity contribution in [1.29, 1.82) is 0 Å². The largest absolute Gasteiger partial charge is 0.341 e. The highest BCUT2D eigenvalue weighted by Gasteiger charge is 2.16. The lowest BCUT2D eigenvalue weighted by Crippen LogP contribution is -2.27. The van der Waals surface area contributed by atoms with E-state index in [0.29, 0.717) is 27.7 Å². The van der Waals surface area contributed by atoms with Crippen LogP contribution in [-0.2, 0) is 17.9 Å². The molecule has 5 nitrogen and oxygen atoms in total. The number of halogens is 2. The van der Waals surface area contributed by atoms with E-state index in [-0.39, 0.29) is 18.9 Å². The summed E-state index contributed by atoms with van der Waals surface area (Å²) < 4.78 is 16.2. The van der Waals surface area contributed by atoms with E-state index in [2.05, 4.69) is 10.2 Å². The Morgan fingerprint density at radius 1 is 1.32 bits per heavy atom. The molecule has 8 heteroatoms. The molecule has 0 atom stereocenters. The van der Waals surface area contributed by atoms with Crippen LogP contribution < -0.4 is 0 Å². The number of carbonyl (C=O) groups is 1. The smallest absolute Gasteiger partial charge is 0.224 e. The van der Waals surface area contributed by atoms with Gasteiger partial charge in [0.1, 0.15) is 5.82 Å². The van der Waals surface area contributed by atoms with E-state index in [9.17, 15) is 9.18 Å². The van der Waals surface area contributed by atoms with Crippen molar-refractivity contribution in [1.82, 2.24) is 19.7 Å². The molecule has 0 radical (unpaired) electrons. The number of aryl methyl sites for hydroxylation is 1. The molecule has 1 N–H and O–H groups in total. The number of hydrogen-bond donors (Lipinski definition) is 1. The average molecular weight is 419 g/mol. The van der Waals surface area contributed by atoms with Crippen molar-refractivity contribution in [2.75, 3.05) is 7.05 Å². The Balaban J connectivity index is 1.71. The van der Waals surface area contributed by atoms with Crippen LogP contribution in [0.15, 0.2) is 42.5 Å². The van der Waals surface area contributed by atoms with Gasteiger partial charge in [-0.3, -0.25) is 14.5 Å². The second-order valence-corrected chi connectivity index (χ2v) is 7.37. The Kier molecular flexibility index (Phi) is 6.26. The predicted molar refractivity (Wildman–Crippen MR) is 110 cm³/mol. The lowest BCUT2D eigenvalue weighted by molar-refractivity contribution is -0.130. The first-order valence-corrected chi connectivity index (χ1v) is 9.54. The van der Waals surface area contributed by atoms with Gasteiger partial charge in [-0.05, 0) is 37.3 Å². The lowest BCUT2D eigenvalue weighted by atomic mass is 10.1. The first kappa shape index (κ1) is 20.2. The zero-order valence-electron chi connectivity index (χ0n) is 15.6. The van der Waals surface area contributed by atoms with Crippen molar-refractivity contribution >= 4 is 29.7 Å². The van der Waals surface area contributed by atoms with E-state index >= 15 is 0 Å². The van der Waals surface area contributed by atoms with Gasteiger partial charge in [0.25, 0.3) is 0 Å². The van der Waals surface area contributed by atoms with Crippen molar-refractivity contribution in [3.63, 3.8) is 0 Å². The fourth-order valence-corrected chi connectivity index (χ4v) is 3.38. The Morgan fingerprint density at radius 2 is 2.07 bits per heavy atom. The first-order chi connectivity index (χ1) is 13.4. The molecule has 0 aliphatic carbocycles. The zero-order valence-corrected chi connectivity index (χ0v) is 17.1. The monoisotopic (exact) mass is 418 g/mol. The van der Waals surface area contributed by atoms with Crippen LogP contribution in [0.3, 0.4) is 0 Å². The highest BCUT2D eigenvalue weighted by atomic mass is 35.5. The van der Waals surface area contributed by atoms with Crippen molar-refractivity contribution in [2.45, 2.75) is 26.4 Å². The van der Waals surface area contributed by atoms with Gasteiger partial charge in [-0.2, -0.15) is 5.10 Å².